The predicted octanol–water partition coefficient (Wildman–Crippen LogP) is 13.7. The molecule has 10 rings (SSSR count). The summed E-state index contributed by atoms with van der Waals surface area (Å²) in [5.74, 6) is 0. The first-order valence-electron chi connectivity index (χ1n) is 16.9. The number of benzene rings is 10. The summed E-state index contributed by atoms with van der Waals surface area (Å²) < 4.78 is 0. The molecule has 1 heteroatoms. The molecule has 0 aliphatic rings. The Morgan fingerprint density at radius 2 is 0.673 bits per heavy atom. The van der Waals surface area contributed by atoms with Crippen LogP contribution in [0.25, 0.3) is 75.8 Å². The minimum atomic E-state index is 1.13. The number of rotatable bonds is 4. The molecule has 10 aromatic rings. The molecular weight excluding hydrogens is 591 g/mol. The summed E-state index contributed by atoms with van der Waals surface area (Å²) in [4.78, 5) is 2.42. The standard InChI is InChI=1S/C48H31N/c1-2-8-32(9-3-1)36-15-16-38-29-40(23-19-37(38)28-36)49(41-24-27-45-39(30-41)17-14-33-10-4-6-12-43(33)45)42-22-18-35-21-25-46-44-13-7-5-11-34(44)20-26-47(46)48(35)31-42/h1-31H. The van der Waals surface area contributed by atoms with Crippen LogP contribution in [0.2, 0.25) is 0 Å². The highest BCUT2D eigenvalue weighted by Gasteiger charge is 2.16. The Labute approximate surface area is 284 Å². The van der Waals surface area contributed by atoms with Crippen molar-refractivity contribution in [1.82, 2.24) is 0 Å². The van der Waals surface area contributed by atoms with Crippen molar-refractivity contribution in [2.45, 2.75) is 0 Å². The van der Waals surface area contributed by atoms with Crippen LogP contribution in [-0.4, -0.2) is 0 Å². The van der Waals surface area contributed by atoms with Gasteiger partial charge < -0.3 is 4.90 Å². The van der Waals surface area contributed by atoms with Crippen molar-refractivity contribution < 1.29 is 0 Å². The van der Waals surface area contributed by atoms with Gasteiger partial charge in [0.1, 0.15) is 0 Å². The van der Waals surface area contributed by atoms with Gasteiger partial charge in [0, 0.05) is 17.1 Å². The summed E-state index contributed by atoms with van der Waals surface area (Å²) in [5.41, 5.74) is 5.86. The maximum absolute atomic E-state index is 2.42. The van der Waals surface area contributed by atoms with Gasteiger partial charge in [-0.1, -0.05) is 146 Å². The van der Waals surface area contributed by atoms with Crippen LogP contribution in [0, 0.1) is 0 Å². The van der Waals surface area contributed by atoms with Crippen LogP contribution in [0.4, 0.5) is 17.1 Å². The molecule has 10 aromatic carbocycles. The van der Waals surface area contributed by atoms with Gasteiger partial charge in [0.25, 0.3) is 0 Å². The maximum Gasteiger partial charge on any atom is 0.0468 e. The molecule has 0 heterocycles. The Morgan fingerprint density at radius 1 is 0.224 bits per heavy atom. The number of hydrogen-bond donors (Lipinski definition) is 0. The monoisotopic (exact) mass is 621 g/mol. The largest absolute Gasteiger partial charge is 0.310 e. The molecule has 0 N–H and O–H groups in total. The van der Waals surface area contributed by atoms with Gasteiger partial charge in [-0.15, -0.1) is 0 Å². The van der Waals surface area contributed by atoms with E-state index >= 15 is 0 Å². The third-order valence-corrected chi connectivity index (χ3v) is 10.2. The predicted molar refractivity (Wildman–Crippen MR) is 212 cm³/mol. The first kappa shape index (κ1) is 27.7. The molecule has 0 spiro atoms. The summed E-state index contributed by atoms with van der Waals surface area (Å²) in [5, 5.41) is 15.1. The zero-order valence-electron chi connectivity index (χ0n) is 26.8. The second-order valence-corrected chi connectivity index (χ2v) is 13.0. The van der Waals surface area contributed by atoms with E-state index in [0.717, 1.165) is 17.1 Å². The normalized spacial score (nSPS) is 11.7. The van der Waals surface area contributed by atoms with Crippen LogP contribution in [0.1, 0.15) is 0 Å². The molecule has 0 saturated carbocycles. The molecule has 1 nitrogen and oxygen atoms in total. The lowest BCUT2D eigenvalue weighted by molar-refractivity contribution is 1.30. The summed E-state index contributed by atoms with van der Waals surface area (Å²) >= 11 is 0. The molecule has 0 atom stereocenters. The highest BCUT2D eigenvalue weighted by Crippen LogP contribution is 2.41. The highest BCUT2D eigenvalue weighted by molar-refractivity contribution is 6.18. The van der Waals surface area contributed by atoms with Crippen molar-refractivity contribution in [3.05, 3.63) is 188 Å². The van der Waals surface area contributed by atoms with E-state index in [4.69, 9.17) is 0 Å². The van der Waals surface area contributed by atoms with E-state index in [9.17, 15) is 0 Å². The molecule has 0 saturated heterocycles. The SMILES string of the molecule is c1ccc(-c2ccc3cc(N(c4ccc5c(ccc6ccccc65)c4)c4ccc5ccc6c7ccccc7ccc6c5c4)ccc3c2)cc1. The summed E-state index contributed by atoms with van der Waals surface area (Å²) in [6.07, 6.45) is 0. The van der Waals surface area contributed by atoms with E-state index in [2.05, 4.69) is 193 Å². The van der Waals surface area contributed by atoms with Crippen molar-refractivity contribution >= 4 is 81.7 Å². The second-order valence-electron chi connectivity index (χ2n) is 13.0. The minimum absolute atomic E-state index is 1.13. The smallest absolute Gasteiger partial charge is 0.0468 e. The number of hydrogen-bond acceptors (Lipinski definition) is 1. The first-order valence-corrected chi connectivity index (χ1v) is 16.9. The topological polar surface area (TPSA) is 3.24 Å². The van der Waals surface area contributed by atoms with E-state index in [-0.39, 0.29) is 0 Å². The summed E-state index contributed by atoms with van der Waals surface area (Å²) in [6.45, 7) is 0. The fourth-order valence-corrected chi connectivity index (χ4v) is 7.71. The minimum Gasteiger partial charge on any atom is -0.310 e. The van der Waals surface area contributed by atoms with Crippen LogP contribution in [0.3, 0.4) is 0 Å². The number of nitrogens with zero attached hydrogens (tertiary/aromatic N) is 1. The highest BCUT2D eigenvalue weighted by atomic mass is 15.1. The van der Waals surface area contributed by atoms with Gasteiger partial charge in [0.05, 0.1) is 0 Å². The van der Waals surface area contributed by atoms with E-state index in [1.165, 1.54) is 75.8 Å². The molecule has 0 amide bonds. The fraction of sp³-hybridized carbons (Fsp3) is 0. The van der Waals surface area contributed by atoms with Gasteiger partial charge in [-0.05, 0) is 118 Å². The van der Waals surface area contributed by atoms with E-state index in [1.807, 2.05) is 0 Å². The van der Waals surface area contributed by atoms with Gasteiger partial charge in [0.15, 0.2) is 0 Å². The molecule has 49 heavy (non-hydrogen) atoms. The Balaban J connectivity index is 1.18. The van der Waals surface area contributed by atoms with Crippen LogP contribution >= 0.6 is 0 Å². The Hall–Kier alpha value is -6.44. The van der Waals surface area contributed by atoms with Gasteiger partial charge in [-0.25, -0.2) is 0 Å². The molecule has 0 aromatic heterocycles. The van der Waals surface area contributed by atoms with Crippen LogP contribution < -0.4 is 4.90 Å². The quantitative estimate of drug-likeness (QED) is 0.177. The van der Waals surface area contributed by atoms with Crippen molar-refractivity contribution in [3.8, 4) is 11.1 Å². The zero-order valence-corrected chi connectivity index (χ0v) is 26.8. The molecule has 0 unspecified atom stereocenters. The second kappa shape index (κ2) is 11.1. The van der Waals surface area contributed by atoms with Crippen molar-refractivity contribution in [2.75, 3.05) is 4.90 Å². The number of fused-ring (bicyclic) bond motifs is 9. The van der Waals surface area contributed by atoms with Gasteiger partial charge in [-0.3, -0.25) is 0 Å². The third-order valence-electron chi connectivity index (χ3n) is 10.2. The summed E-state index contributed by atoms with van der Waals surface area (Å²) in [6, 6.07) is 69.0. The third kappa shape index (κ3) is 4.63. The Morgan fingerprint density at radius 3 is 1.45 bits per heavy atom. The molecule has 0 radical (unpaired) electrons. The lowest BCUT2D eigenvalue weighted by Crippen LogP contribution is -2.10. The summed E-state index contributed by atoms with van der Waals surface area (Å²) in [7, 11) is 0. The van der Waals surface area contributed by atoms with Crippen LogP contribution in [0.5, 0.6) is 0 Å². The molecule has 0 aliphatic heterocycles. The van der Waals surface area contributed by atoms with Gasteiger partial charge in [0.2, 0.25) is 0 Å². The molecule has 0 fully saturated rings. The van der Waals surface area contributed by atoms with Gasteiger partial charge >= 0.3 is 0 Å². The lowest BCUT2D eigenvalue weighted by atomic mass is 9.96. The van der Waals surface area contributed by atoms with Crippen molar-refractivity contribution in [2.24, 2.45) is 0 Å². The lowest BCUT2D eigenvalue weighted by Gasteiger charge is -2.27. The van der Waals surface area contributed by atoms with Crippen molar-refractivity contribution in [3.63, 3.8) is 0 Å². The average Bonchev–Trinajstić information content (AvgIpc) is 3.17. The zero-order chi connectivity index (χ0) is 32.3. The first-order chi connectivity index (χ1) is 24.3. The molecule has 0 bridgehead atoms. The Bertz CT molecular complexity index is 2890. The van der Waals surface area contributed by atoms with Crippen LogP contribution in [0.15, 0.2) is 188 Å². The van der Waals surface area contributed by atoms with Crippen LogP contribution in [-0.2, 0) is 0 Å². The molecular formula is C48H31N. The fourth-order valence-electron chi connectivity index (χ4n) is 7.71. The van der Waals surface area contributed by atoms with E-state index < -0.39 is 0 Å². The van der Waals surface area contributed by atoms with E-state index in [1.54, 1.807) is 0 Å². The maximum atomic E-state index is 2.42. The average molecular weight is 622 g/mol. The van der Waals surface area contributed by atoms with Gasteiger partial charge in [-0.2, -0.15) is 0 Å². The van der Waals surface area contributed by atoms with E-state index in [0.29, 0.717) is 0 Å². The Kier molecular flexibility index (Phi) is 6.25. The molecule has 228 valence electrons. The molecule has 0 aliphatic carbocycles. The van der Waals surface area contributed by atoms with Crippen molar-refractivity contribution in [1.29, 1.82) is 0 Å². The number of anilines is 3.